The van der Waals surface area contributed by atoms with Crippen LogP contribution in [0.15, 0.2) is 54.6 Å². The minimum Gasteiger partial charge on any atom is -0.497 e. The molecule has 0 N–H and O–H groups in total. The van der Waals surface area contributed by atoms with Crippen molar-refractivity contribution in [2.45, 2.75) is 64.2 Å². The fourth-order valence-corrected chi connectivity index (χ4v) is 5.29. The molecule has 1 saturated carbocycles. The zero-order chi connectivity index (χ0) is 25.5. The van der Waals surface area contributed by atoms with E-state index in [1.54, 1.807) is 36.4 Å². The third kappa shape index (κ3) is 6.21. The van der Waals surface area contributed by atoms with E-state index in [9.17, 15) is 13.2 Å². The molecule has 0 atom stereocenters. The van der Waals surface area contributed by atoms with Gasteiger partial charge in [-0.2, -0.15) is 0 Å². The topological polar surface area (TPSA) is 9.23 Å². The summed E-state index contributed by atoms with van der Waals surface area (Å²) in [5.74, 6) is -0.560. The maximum Gasteiger partial charge on any atom is 0.166 e. The van der Waals surface area contributed by atoms with Crippen LogP contribution < -0.4 is 4.74 Å². The second-order valence-corrected chi connectivity index (χ2v) is 9.89. The summed E-state index contributed by atoms with van der Waals surface area (Å²) in [6, 6.07) is 15.5. The maximum absolute atomic E-state index is 15.0. The normalized spacial score (nSPS) is 18.0. The number of methoxy groups -OCH3 is 1. The summed E-state index contributed by atoms with van der Waals surface area (Å²) in [5.41, 5.74) is 2.77. The molecule has 0 amide bonds. The van der Waals surface area contributed by atoms with E-state index in [4.69, 9.17) is 4.74 Å². The molecule has 3 aromatic carbocycles. The van der Waals surface area contributed by atoms with Crippen molar-refractivity contribution in [3.05, 3.63) is 88.7 Å². The predicted octanol–water partition coefficient (Wildman–Crippen LogP) is 9.80. The minimum absolute atomic E-state index is 0.103. The van der Waals surface area contributed by atoms with E-state index < -0.39 is 11.6 Å². The summed E-state index contributed by atoms with van der Waals surface area (Å²) in [6.07, 6.45) is 12.5. The number of hydrogen-bond acceptors (Lipinski definition) is 1. The van der Waals surface area contributed by atoms with Crippen LogP contribution in [0.25, 0.3) is 23.3 Å². The lowest BCUT2D eigenvalue weighted by Crippen LogP contribution is -2.15. The lowest BCUT2D eigenvalue weighted by Gasteiger charge is -2.29. The van der Waals surface area contributed by atoms with Gasteiger partial charge in [-0.05, 0) is 66.3 Å². The number of ether oxygens (including phenoxy) is 1. The summed E-state index contributed by atoms with van der Waals surface area (Å²) in [5, 5.41) is 0. The number of rotatable bonds is 9. The first kappa shape index (κ1) is 26.1. The molecule has 0 saturated heterocycles. The van der Waals surface area contributed by atoms with E-state index in [1.165, 1.54) is 38.9 Å². The van der Waals surface area contributed by atoms with Crippen LogP contribution >= 0.6 is 0 Å². The zero-order valence-electron chi connectivity index (χ0n) is 21.2. The Morgan fingerprint density at radius 2 is 1.58 bits per heavy atom. The van der Waals surface area contributed by atoms with E-state index in [2.05, 4.69) is 6.92 Å². The smallest absolute Gasteiger partial charge is 0.166 e. The van der Waals surface area contributed by atoms with Crippen molar-refractivity contribution >= 4 is 12.2 Å². The third-order valence-corrected chi connectivity index (χ3v) is 7.50. The minimum atomic E-state index is -0.786. The Balaban J connectivity index is 1.41. The second-order valence-electron chi connectivity index (χ2n) is 9.89. The molecule has 0 spiro atoms. The van der Waals surface area contributed by atoms with Crippen molar-refractivity contribution in [2.75, 3.05) is 7.11 Å². The second kappa shape index (κ2) is 12.3. The van der Waals surface area contributed by atoms with E-state index >= 15 is 0 Å². The molecular weight excluding hydrogens is 457 g/mol. The van der Waals surface area contributed by atoms with Gasteiger partial charge in [-0.15, -0.1) is 0 Å². The Morgan fingerprint density at radius 1 is 0.833 bits per heavy atom. The molecule has 1 aliphatic rings. The molecule has 1 aliphatic carbocycles. The first-order valence-electron chi connectivity index (χ1n) is 13.1. The van der Waals surface area contributed by atoms with Crippen molar-refractivity contribution in [1.82, 2.24) is 0 Å². The van der Waals surface area contributed by atoms with Gasteiger partial charge in [-0.1, -0.05) is 81.2 Å². The molecule has 0 bridgehead atoms. The van der Waals surface area contributed by atoms with Gasteiger partial charge in [0.2, 0.25) is 0 Å². The SMILES string of the molecule is CCCCCC1CCC(c2ccc(C=Cc3ccc(-c4ccc(OC)cc4F)cc3)c(F)c2F)CC1. The van der Waals surface area contributed by atoms with Crippen molar-refractivity contribution in [1.29, 1.82) is 0 Å². The first-order valence-corrected chi connectivity index (χ1v) is 13.1. The molecule has 3 aromatic rings. The standard InChI is InChI=1S/C32H35F3O/c1-3-4-5-6-22-7-14-25(15-8-22)29-19-17-26(31(34)32(29)35)16-11-23-9-12-24(13-10-23)28-20-18-27(36-2)21-30(28)33/h9-13,16-22,25H,3-8,14-15H2,1-2H3. The Morgan fingerprint density at radius 3 is 2.25 bits per heavy atom. The molecule has 1 fully saturated rings. The van der Waals surface area contributed by atoms with Gasteiger partial charge in [-0.3, -0.25) is 0 Å². The lowest BCUT2D eigenvalue weighted by molar-refractivity contribution is 0.298. The van der Waals surface area contributed by atoms with Crippen molar-refractivity contribution in [3.63, 3.8) is 0 Å². The van der Waals surface area contributed by atoms with Crippen LogP contribution in [-0.2, 0) is 0 Å². The number of benzene rings is 3. The van der Waals surface area contributed by atoms with Crippen LogP contribution in [0.3, 0.4) is 0 Å². The molecule has 4 heteroatoms. The third-order valence-electron chi connectivity index (χ3n) is 7.50. The molecule has 0 unspecified atom stereocenters. The molecule has 190 valence electrons. The fourth-order valence-electron chi connectivity index (χ4n) is 5.29. The van der Waals surface area contributed by atoms with Crippen LogP contribution in [0, 0.1) is 23.4 Å². The lowest BCUT2D eigenvalue weighted by atomic mass is 9.76. The monoisotopic (exact) mass is 492 g/mol. The largest absolute Gasteiger partial charge is 0.497 e. The summed E-state index contributed by atoms with van der Waals surface area (Å²) in [4.78, 5) is 0. The van der Waals surface area contributed by atoms with Gasteiger partial charge in [-0.25, -0.2) is 13.2 Å². The van der Waals surface area contributed by atoms with Crippen LogP contribution in [0.1, 0.15) is 80.9 Å². The Kier molecular flexibility index (Phi) is 8.90. The number of hydrogen-bond donors (Lipinski definition) is 0. The van der Waals surface area contributed by atoms with E-state index in [0.29, 0.717) is 16.9 Å². The highest BCUT2D eigenvalue weighted by Crippen LogP contribution is 2.39. The molecule has 1 nitrogen and oxygen atoms in total. The van der Waals surface area contributed by atoms with Gasteiger partial charge < -0.3 is 4.74 Å². The summed E-state index contributed by atoms with van der Waals surface area (Å²) >= 11 is 0. The summed E-state index contributed by atoms with van der Waals surface area (Å²) in [6.45, 7) is 2.22. The molecule has 4 rings (SSSR count). The molecule has 0 radical (unpaired) electrons. The quantitative estimate of drug-likeness (QED) is 0.213. The molecule has 0 aromatic heterocycles. The van der Waals surface area contributed by atoms with E-state index in [0.717, 1.165) is 42.7 Å². The van der Waals surface area contributed by atoms with E-state index in [1.807, 2.05) is 24.3 Å². The highest BCUT2D eigenvalue weighted by molar-refractivity contribution is 5.73. The van der Waals surface area contributed by atoms with Gasteiger partial charge in [0.05, 0.1) is 7.11 Å². The van der Waals surface area contributed by atoms with Crippen LogP contribution in [0.2, 0.25) is 0 Å². The van der Waals surface area contributed by atoms with Gasteiger partial charge in [0.1, 0.15) is 11.6 Å². The first-order chi connectivity index (χ1) is 17.5. The van der Waals surface area contributed by atoms with Gasteiger partial charge in [0.15, 0.2) is 11.6 Å². The van der Waals surface area contributed by atoms with Crippen molar-refractivity contribution in [2.24, 2.45) is 5.92 Å². The van der Waals surface area contributed by atoms with Crippen LogP contribution in [0.4, 0.5) is 13.2 Å². The van der Waals surface area contributed by atoms with Crippen molar-refractivity contribution < 1.29 is 17.9 Å². The number of halogens is 3. The predicted molar refractivity (Wildman–Crippen MR) is 143 cm³/mol. The summed E-state index contributed by atoms with van der Waals surface area (Å²) in [7, 11) is 1.50. The fraction of sp³-hybridized carbons (Fsp3) is 0.375. The highest BCUT2D eigenvalue weighted by Gasteiger charge is 2.25. The van der Waals surface area contributed by atoms with Gasteiger partial charge >= 0.3 is 0 Å². The highest BCUT2D eigenvalue weighted by atomic mass is 19.2. The Bertz CT molecular complexity index is 1170. The molecule has 0 heterocycles. The Hall–Kier alpha value is -3.01. The zero-order valence-corrected chi connectivity index (χ0v) is 21.2. The van der Waals surface area contributed by atoms with Crippen LogP contribution in [-0.4, -0.2) is 7.11 Å². The average Bonchev–Trinajstić information content (AvgIpc) is 2.90. The molecular formula is C32H35F3O. The maximum atomic E-state index is 15.0. The number of unbranched alkanes of at least 4 members (excludes halogenated alkanes) is 2. The molecule has 36 heavy (non-hydrogen) atoms. The summed E-state index contributed by atoms with van der Waals surface area (Å²) < 4.78 is 49.3. The Labute approximate surface area is 213 Å². The average molecular weight is 493 g/mol. The molecule has 0 aliphatic heterocycles. The van der Waals surface area contributed by atoms with E-state index in [-0.39, 0.29) is 17.3 Å². The van der Waals surface area contributed by atoms with Crippen LogP contribution in [0.5, 0.6) is 5.75 Å². The van der Waals surface area contributed by atoms with Crippen molar-refractivity contribution in [3.8, 4) is 16.9 Å². The van der Waals surface area contributed by atoms with Gasteiger partial charge in [0, 0.05) is 17.2 Å². The van der Waals surface area contributed by atoms with Gasteiger partial charge in [0.25, 0.3) is 0 Å².